The van der Waals surface area contributed by atoms with Gasteiger partial charge >= 0.3 is 0 Å². The third kappa shape index (κ3) is 7.56. The van der Waals surface area contributed by atoms with Crippen molar-refractivity contribution in [2.45, 2.75) is 58.9 Å². The van der Waals surface area contributed by atoms with Crippen molar-refractivity contribution in [1.29, 1.82) is 0 Å². The van der Waals surface area contributed by atoms with Gasteiger partial charge < -0.3 is 5.32 Å². The molecule has 1 unspecified atom stereocenters. The predicted molar refractivity (Wildman–Crippen MR) is 78.8 cm³/mol. The van der Waals surface area contributed by atoms with Crippen molar-refractivity contribution in [3.63, 3.8) is 0 Å². The maximum absolute atomic E-state index is 3.59. The van der Waals surface area contributed by atoms with E-state index in [1.165, 1.54) is 37.0 Å². The monoisotopic (exact) mass is 253 g/mol. The molecule has 0 bridgehead atoms. The van der Waals surface area contributed by atoms with Crippen LogP contribution in [0, 0.1) is 5.92 Å². The fourth-order valence-electron chi connectivity index (χ4n) is 1.92. The Kier molecular flexibility index (Phi) is 7.54. The maximum Gasteiger partial charge on any atom is 0.00452 e. The number of unbranched alkanes of at least 4 members (excludes halogenated alkanes) is 2. The molecule has 1 rings (SSSR count). The van der Waals surface area contributed by atoms with Gasteiger partial charge in [-0.2, -0.15) is 0 Å². The molecule has 1 N–H and O–H groups in total. The molecule has 0 aromatic carbocycles. The van der Waals surface area contributed by atoms with E-state index in [-0.39, 0.29) is 0 Å². The van der Waals surface area contributed by atoms with Crippen LogP contribution >= 0.6 is 11.3 Å². The Hall–Kier alpha value is -0.340. The van der Waals surface area contributed by atoms with Crippen LogP contribution in [0.3, 0.4) is 0 Å². The Balaban J connectivity index is 1.93. The number of hydrogen-bond donors (Lipinski definition) is 1. The molecular weight excluding hydrogens is 226 g/mol. The lowest BCUT2D eigenvalue weighted by Crippen LogP contribution is -2.29. The van der Waals surface area contributed by atoms with Crippen LogP contribution in [0.4, 0.5) is 0 Å². The van der Waals surface area contributed by atoms with Gasteiger partial charge in [0.15, 0.2) is 0 Å². The molecule has 1 heterocycles. The van der Waals surface area contributed by atoms with E-state index < -0.39 is 0 Å². The van der Waals surface area contributed by atoms with Crippen LogP contribution in [0.2, 0.25) is 0 Å². The zero-order valence-electron chi connectivity index (χ0n) is 11.5. The van der Waals surface area contributed by atoms with Crippen molar-refractivity contribution in [2.75, 3.05) is 6.54 Å². The highest BCUT2D eigenvalue weighted by atomic mass is 32.1. The number of nitrogens with one attached hydrogen (secondary N) is 1. The SMILES string of the molecule is CC(C)CNC(C)CCCCCc1cccs1. The normalized spacial score (nSPS) is 13.2. The Morgan fingerprint density at radius 1 is 1.18 bits per heavy atom. The van der Waals surface area contributed by atoms with Gasteiger partial charge in [0.05, 0.1) is 0 Å². The van der Waals surface area contributed by atoms with Gasteiger partial charge in [0, 0.05) is 10.9 Å². The van der Waals surface area contributed by atoms with Gasteiger partial charge in [0.25, 0.3) is 0 Å². The summed E-state index contributed by atoms with van der Waals surface area (Å²) in [6.45, 7) is 7.99. The number of rotatable bonds is 9. The summed E-state index contributed by atoms with van der Waals surface area (Å²) in [7, 11) is 0. The number of thiophene rings is 1. The summed E-state index contributed by atoms with van der Waals surface area (Å²) in [5, 5.41) is 5.76. The molecule has 2 heteroatoms. The molecule has 1 atom stereocenters. The van der Waals surface area contributed by atoms with Crippen molar-refractivity contribution in [2.24, 2.45) is 5.92 Å². The lowest BCUT2D eigenvalue weighted by atomic mass is 10.1. The van der Waals surface area contributed by atoms with E-state index in [0.29, 0.717) is 6.04 Å². The van der Waals surface area contributed by atoms with Gasteiger partial charge in [-0.05, 0) is 50.1 Å². The first kappa shape index (κ1) is 14.7. The number of aryl methyl sites for hydroxylation is 1. The minimum atomic E-state index is 0.680. The summed E-state index contributed by atoms with van der Waals surface area (Å²) in [5.41, 5.74) is 0. The molecule has 0 saturated carbocycles. The highest BCUT2D eigenvalue weighted by Gasteiger charge is 2.02. The molecule has 1 aromatic rings. The first-order chi connectivity index (χ1) is 8.18. The zero-order chi connectivity index (χ0) is 12.5. The van der Waals surface area contributed by atoms with Gasteiger partial charge in [0.2, 0.25) is 0 Å². The van der Waals surface area contributed by atoms with E-state index in [1.807, 2.05) is 11.3 Å². The quantitative estimate of drug-likeness (QED) is 0.640. The molecule has 1 aromatic heterocycles. The van der Waals surface area contributed by atoms with Crippen molar-refractivity contribution < 1.29 is 0 Å². The summed E-state index contributed by atoms with van der Waals surface area (Å²) in [6.07, 6.45) is 6.66. The van der Waals surface area contributed by atoms with Crippen LogP contribution in [0.1, 0.15) is 51.3 Å². The Morgan fingerprint density at radius 3 is 2.65 bits per heavy atom. The Labute approximate surface area is 111 Å². The largest absolute Gasteiger partial charge is 0.314 e. The van der Waals surface area contributed by atoms with Gasteiger partial charge in [0.1, 0.15) is 0 Å². The third-order valence-corrected chi connectivity index (χ3v) is 3.95. The second-order valence-electron chi connectivity index (χ2n) is 5.38. The average Bonchev–Trinajstić information content (AvgIpc) is 2.79. The summed E-state index contributed by atoms with van der Waals surface area (Å²) in [6, 6.07) is 5.08. The molecule has 0 aliphatic heterocycles. The van der Waals surface area contributed by atoms with E-state index in [4.69, 9.17) is 0 Å². The number of hydrogen-bond acceptors (Lipinski definition) is 2. The van der Waals surface area contributed by atoms with Crippen LogP contribution in [-0.4, -0.2) is 12.6 Å². The van der Waals surface area contributed by atoms with Gasteiger partial charge in [-0.25, -0.2) is 0 Å². The highest BCUT2D eigenvalue weighted by molar-refractivity contribution is 7.09. The second kappa shape index (κ2) is 8.71. The van der Waals surface area contributed by atoms with Crippen molar-refractivity contribution >= 4 is 11.3 Å². The molecular formula is C15H27NS. The maximum atomic E-state index is 3.59. The minimum Gasteiger partial charge on any atom is -0.314 e. The van der Waals surface area contributed by atoms with E-state index in [1.54, 1.807) is 0 Å². The highest BCUT2D eigenvalue weighted by Crippen LogP contribution is 2.13. The van der Waals surface area contributed by atoms with Crippen molar-refractivity contribution in [3.05, 3.63) is 22.4 Å². The van der Waals surface area contributed by atoms with Crippen molar-refractivity contribution in [1.82, 2.24) is 5.32 Å². The predicted octanol–water partition coefficient (Wildman–Crippen LogP) is 4.49. The average molecular weight is 253 g/mol. The van der Waals surface area contributed by atoms with E-state index in [2.05, 4.69) is 43.6 Å². The topological polar surface area (TPSA) is 12.0 Å². The summed E-state index contributed by atoms with van der Waals surface area (Å²) in [4.78, 5) is 1.54. The van der Waals surface area contributed by atoms with E-state index in [0.717, 1.165) is 12.5 Å². The molecule has 0 amide bonds. The van der Waals surface area contributed by atoms with Crippen LogP contribution in [-0.2, 0) is 6.42 Å². The molecule has 0 aliphatic rings. The van der Waals surface area contributed by atoms with Gasteiger partial charge in [-0.1, -0.05) is 32.8 Å². The van der Waals surface area contributed by atoms with Crippen LogP contribution < -0.4 is 5.32 Å². The third-order valence-electron chi connectivity index (χ3n) is 3.01. The van der Waals surface area contributed by atoms with Crippen molar-refractivity contribution in [3.8, 4) is 0 Å². The van der Waals surface area contributed by atoms with Crippen LogP contribution in [0.5, 0.6) is 0 Å². The second-order valence-corrected chi connectivity index (χ2v) is 6.41. The van der Waals surface area contributed by atoms with Gasteiger partial charge in [-0.15, -0.1) is 11.3 Å². The summed E-state index contributed by atoms with van der Waals surface area (Å²) >= 11 is 1.89. The molecule has 0 aliphatic carbocycles. The Morgan fingerprint density at radius 2 is 2.00 bits per heavy atom. The van der Waals surface area contributed by atoms with Gasteiger partial charge in [-0.3, -0.25) is 0 Å². The molecule has 1 nitrogen and oxygen atoms in total. The summed E-state index contributed by atoms with van der Waals surface area (Å²) < 4.78 is 0. The fourth-order valence-corrected chi connectivity index (χ4v) is 2.67. The van der Waals surface area contributed by atoms with E-state index >= 15 is 0 Å². The van der Waals surface area contributed by atoms with E-state index in [9.17, 15) is 0 Å². The molecule has 17 heavy (non-hydrogen) atoms. The minimum absolute atomic E-state index is 0.680. The molecule has 0 radical (unpaired) electrons. The van der Waals surface area contributed by atoms with Crippen LogP contribution in [0.25, 0.3) is 0 Å². The fraction of sp³-hybridized carbons (Fsp3) is 0.733. The molecule has 0 fully saturated rings. The smallest absolute Gasteiger partial charge is 0.00452 e. The Bertz CT molecular complexity index is 266. The first-order valence-corrected chi connectivity index (χ1v) is 7.82. The first-order valence-electron chi connectivity index (χ1n) is 6.94. The molecule has 98 valence electrons. The lowest BCUT2D eigenvalue weighted by Gasteiger charge is -2.15. The molecule has 0 spiro atoms. The zero-order valence-corrected chi connectivity index (χ0v) is 12.4. The lowest BCUT2D eigenvalue weighted by molar-refractivity contribution is 0.447. The molecule has 0 saturated heterocycles. The standard InChI is InChI=1S/C15H27NS/c1-13(2)12-16-14(3)8-5-4-6-9-15-10-7-11-17-15/h7,10-11,13-14,16H,4-6,8-9,12H2,1-3H3. The summed E-state index contributed by atoms with van der Waals surface area (Å²) in [5.74, 6) is 0.760. The van der Waals surface area contributed by atoms with Crippen LogP contribution in [0.15, 0.2) is 17.5 Å².